The van der Waals surface area contributed by atoms with Gasteiger partial charge in [-0.25, -0.2) is 4.79 Å². The minimum Gasteiger partial charge on any atom is -0.335 e. The molecule has 0 aliphatic heterocycles. The first kappa shape index (κ1) is 20.1. The lowest BCUT2D eigenvalue weighted by atomic mass is 9.97. The van der Waals surface area contributed by atoms with Crippen LogP contribution in [-0.4, -0.2) is 18.0 Å². The van der Waals surface area contributed by atoms with E-state index in [1.807, 2.05) is 0 Å². The Morgan fingerprint density at radius 3 is 2.19 bits per heavy atom. The fourth-order valence-electron chi connectivity index (χ4n) is 3.11. The molecule has 5 nitrogen and oxygen atoms in total. The first-order valence-corrected chi connectivity index (χ1v) is 8.82. The normalized spacial score (nSPS) is 16.3. The first-order valence-electron chi connectivity index (χ1n) is 8.82. The molecule has 1 saturated carbocycles. The quantitative estimate of drug-likeness (QED) is 0.707. The summed E-state index contributed by atoms with van der Waals surface area (Å²) in [7, 11) is 0. The second-order valence-electron chi connectivity index (χ2n) is 6.58. The Bertz CT molecular complexity index is 639. The monoisotopic (exact) mass is 371 g/mol. The van der Waals surface area contributed by atoms with Crippen molar-refractivity contribution in [3.63, 3.8) is 0 Å². The van der Waals surface area contributed by atoms with Gasteiger partial charge in [0.2, 0.25) is 5.91 Å². The number of halogens is 3. The second-order valence-corrected chi connectivity index (χ2v) is 6.58. The number of rotatable bonds is 3. The predicted molar refractivity (Wildman–Crippen MR) is 94.0 cm³/mol. The molecular weight excluding hydrogens is 347 g/mol. The first-order chi connectivity index (χ1) is 12.3. The van der Waals surface area contributed by atoms with E-state index in [9.17, 15) is 22.8 Å². The second kappa shape index (κ2) is 8.91. The number of anilines is 2. The lowest BCUT2D eigenvalue weighted by molar-refractivity contribution is -0.137. The van der Waals surface area contributed by atoms with Crippen LogP contribution in [0, 0.1) is 0 Å². The van der Waals surface area contributed by atoms with E-state index in [4.69, 9.17) is 0 Å². The van der Waals surface area contributed by atoms with Crippen LogP contribution in [0.25, 0.3) is 0 Å². The molecule has 3 amide bonds. The molecule has 0 radical (unpaired) electrons. The largest absolute Gasteiger partial charge is 0.418 e. The van der Waals surface area contributed by atoms with Crippen molar-refractivity contribution in [2.45, 2.75) is 64.1 Å². The number of hydrogen-bond donors (Lipinski definition) is 3. The molecule has 0 spiro atoms. The molecule has 0 unspecified atom stereocenters. The maximum Gasteiger partial charge on any atom is 0.418 e. The van der Waals surface area contributed by atoms with E-state index >= 15 is 0 Å². The van der Waals surface area contributed by atoms with Crippen molar-refractivity contribution >= 4 is 23.3 Å². The van der Waals surface area contributed by atoms with Gasteiger partial charge in [-0.3, -0.25) is 4.79 Å². The lowest BCUT2D eigenvalue weighted by Crippen LogP contribution is -2.38. The smallest absolute Gasteiger partial charge is 0.335 e. The SMILES string of the molecule is CC(=O)Nc1ccc(NC(=O)NC2CCCCCCC2)c(C(F)(F)F)c1. The third-order valence-corrected chi connectivity index (χ3v) is 4.33. The molecule has 0 heterocycles. The van der Waals surface area contributed by atoms with Crippen molar-refractivity contribution in [1.29, 1.82) is 0 Å². The summed E-state index contributed by atoms with van der Waals surface area (Å²) < 4.78 is 39.9. The van der Waals surface area contributed by atoms with Crippen molar-refractivity contribution in [2.24, 2.45) is 0 Å². The molecule has 26 heavy (non-hydrogen) atoms. The summed E-state index contributed by atoms with van der Waals surface area (Å²) >= 11 is 0. The van der Waals surface area contributed by atoms with Gasteiger partial charge >= 0.3 is 12.2 Å². The summed E-state index contributed by atoms with van der Waals surface area (Å²) in [6.45, 7) is 1.21. The van der Waals surface area contributed by atoms with E-state index < -0.39 is 23.7 Å². The maximum absolute atomic E-state index is 13.3. The van der Waals surface area contributed by atoms with Crippen LogP contribution in [0.15, 0.2) is 18.2 Å². The fraction of sp³-hybridized carbons (Fsp3) is 0.556. The zero-order valence-electron chi connectivity index (χ0n) is 14.7. The summed E-state index contributed by atoms with van der Waals surface area (Å²) in [6.07, 6.45) is 2.44. The highest BCUT2D eigenvalue weighted by Crippen LogP contribution is 2.36. The van der Waals surface area contributed by atoms with E-state index in [1.165, 1.54) is 19.4 Å². The van der Waals surface area contributed by atoms with Crippen LogP contribution in [0.4, 0.5) is 29.3 Å². The Hall–Kier alpha value is -2.25. The molecule has 1 aromatic carbocycles. The summed E-state index contributed by atoms with van der Waals surface area (Å²) in [4.78, 5) is 23.2. The van der Waals surface area contributed by atoms with Crippen molar-refractivity contribution in [2.75, 3.05) is 10.6 Å². The molecule has 0 bridgehead atoms. The van der Waals surface area contributed by atoms with Gasteiger partial charge in [-0.1, -0.05) is 32.1 Å². The highest BCUT2D eigenvalue weighted by atomic mass is 19.4. The predicted octanol–water partition coefficient (Wildman–Crippen LogP) is 4.90. The van der Waals surface area contributed by atoms with Crippen molar-refractivity contribution in [3.8, 4) is 0 Å². The number of benzene rings is 1. The van der Waals surface area contributed by atoms with Crippen molar-refractivity contribution < 1.29 is 22.8 Å². The maximum atomic E-state index is 13.3. The minimum absolute atomic E-state index is 0.0239. The third kappa shape index (κ3) is 6.24. The minimum atomic E-state index is -4.66. The Morgan fingerprint density at radius 2 is 1.62 bits per heavy atom. The summed E-state index contributed by atoms with van der Waals surface area (Å²) in [5, 5.41) is 7.38. The van der Waals surface area contributed by atoms with Crippen LogP contribution in [-0.2, 0) is 11.0 Å². The van der Waals surface area contributed by atoms with Crippen molar-refractivity contribution in [1.82, 2.24) is 5.32 Å². The number of amides is 3. The number of urea groups is 1. The highest BCUT2D eigenvalue weighted by molar-refractivity contribution is 5.92. The van der Waals surface area contributed by atoms with Crippen LogP contribution in [0.3, 0.4) is 0 Å². The number of alkyl halides is 3. The van der Waals surface area contributed by atoms with Gasteiger partial charge < -0.3 is 16.0 Å². The molecule has 3 N–H and O–H groups in total. The third-order valence-electron chi connectivity index (χ3n) is 4.33. The summed E-state index contributed by atoms with van der Waals surface area (Å²) in [5.41, 5.74) is -1.32. The van der Waals surface area contributed by atoms with Crippen LogP contribution in [0.1, 0.15) is 57.4 Å². The Labute approximate surface area is 150 Å². The van der Waals surface area contributed by atoms with Crippen LogP contribution >= 0.6 is 0 Å². The molecule has 2 rings (SSSR count). The van der Waals surface area contributed by atoms with Crippen molar-refractivity contribution in [3.05, 3.63) is 23.8 Å². The zero-order valence-corrected chi connectivity index (χ0v) is 14.7. The summed E-state index contributed by atoms with van der Waals surface area (Å²) in [5.74, 6) is -0.471. The molecule has 8 heteroatoms. The Balaban J connectivity index is 2.08. The van der Waals surface area contributed by atoms with E-state index in [-0.39, 0.29) is 17.4 Å². The highest BCUT2D eigenvalue weighted by Gasteiger charge is 2.34. The fourth-order valence-corrected chi connectivity index (χ4v) is 3.11. The standard InChI is InChI=1S/C18H24F3N3O2/c1-12(25)22-14-9-10-16(15(11-14)18(19,20)21)24-17(26)23-13-7-5-3-2-4-6-8-13/h9-11,13H,2-8H2,1H3,(H,22,25)(H2,23,24,26). The number of hydrogen-bond acceptors (Lipinski definition) is 2. The van der Waals surface area contributed by atoms with E-state index in [2.05, 4.69) is 16.0 Å². The van der Waals surface area contributed by atoms with Gasteiger partial charge in [0.05, 0.1) is 11.3 Å². The molecule has 144 valence electrons. The van der Waals surface area contributed by atoms with Gasteiger partial charge in [0.15, 0.2) is 0 Å². The Kier molecular flexibility index (Phi) is 6.88. The number of carbonyl (C=O) groups is 2. The van der Waals surface area contributed by atoms with Gasteiger partial charge in [-0.05, 0) is 31.0 Å². The molecule has 0 aromatic heterocycles. The molecule has 1 aliphatic rings. The van der Waals surface area contributed by atoms with Gasteiger partial charge in [0, 0.05) is 18.7 Å². The van der Waals surface area contributed by atoms with E-state index in [0.29, 0.717) is 0 Å². The van der Waals surface area contributed by atoms with E-state index in [1.54, 1.807) is 0 Å². The van der Waals surface area contributed by atoms with Crippen LogP contribution in [0.5, 0.6) is 0 Å². The number of carbonyl (C=O) groups excluding carboxylic acids is 2. The zero-order chi connectivity index (χ0) is 19.2. The average molecular weight is 371 g/mol. The van der Waals surface area contributed by atoms with E-state index in [0.717, 1.165) is 50.7 Å². The molecule has 0 atom stereocenters. The summed E-state index contributed by atoms with van der Waals surface area (Å²) in [6, 6.07) is 2.61. The molecule has 1 aliphatic carbocycles. The van der Waals surface area contributed by atoms with Crippen LogP contribution in [0.2, 0.25) is 0 Å². The topological polar surface area (TPSA) is 70.2 Å². The number of nitrogens with one attached hydrogen (secondary N) is 3. The average Bonchev–Trinajstić information content (AvgIpc) is 2.50. The van der Waals surface area contributed by atoms with Crippen LogP contribution < -0.4 is 16.0 Å². The Morgan fingerprint density at radius 1 is 1.00 bits per heavy atom. The van der Waals surface area contributed by atoms with Gasteiger partial charge in [-0.2, -0.15) is 13.2 Å². The van der Waals surface area contributed by atoms with Gasteiger partial charge in [0.1, 0.15) is 0 Å². The lowest BCUT2D eigenvalue weighted by Gasteiger charge is -2.22. The van der Waals surface area contributed by atoms with Gasteiger partial charge in [-0.15, -0.1) is 0 Å². The molecule has 1 aromatic rings. The molecular formula is C18H24F3N3O2. The van der Waals surface area contributed by atoms with Gasteiger partial charge in [0.25, 0.3) is 0 Å². The molecule has 0 saturated heterocycles. The molecule has 1 fully saturated rings.